The molecule has 30 heavy (non-hydrogen) atoms. The fraction of sp³-hybridized carbons (Fsp3) is 0.364. The number of carbonyl (C=O) groups excluding carboxylic acids is 2. The summed E-state index contributed by atoms with van der Waals surface area (Å²) < 4.78 is 39.9. The molecule has 1 saturated heterocycles. The zero-order valence-corrected chi connectivity index (χ0v) is 17.6. The van der Waals surface area contributed by atoms with Gasteiger partial charge in [-0.3, -0.25) is 9.59 Å². The average molecular weight is 433 g/mol. The maximum Gasteiger partial charge on any atom is 0.243 e. The highest BCUT2D eigenvalue weighted by atomic mass is 32.2. The number of sulfonamides is 1. The van der Waals surface area contributed by atoms with Crippen molar-refractivity contribution in [3.05, 3.63) is 65.5 Å². The van der Waals surface area contributed by atoms with Crippen LogP contribution in [-0.4, -0.2) is 44.0 Å². The molecule has 1 aliphatic rings. The molecule has 6 nitrogen and oxygen atoms in total. The van der Waals surface area contributed by atoms with Gasteiger partial charge in [0.25, 0.3) is 0 Å². The third-order valence-electron chi connectivity index (χ3n) is 5.35. The summed E-state index contributed by atoms with van der Waals surface area (Å²) in [6.45, 7) is 2.42. The van der Waals surface area contributed by atoms with Gasteiger partial charge < -0.3 is 5.32 Å². The molecule has 0 aromatic heterocycles. The van der Waals surface area contributed by atoms with Gasteiger partial charge in [-0.2, -0.15) is 4.31 Å². The van der Waals surface area contributed by atoms with Gasteiger partial charge in [0.15, 0.2) is 5.78 Å². The molecule has 3 rings (SSSR count). The van der Waals surface area contributed by atoms with E-state index in [9.17, 15) is 22.4 Å². The fourth-order valence-corrected chi connectivity index (χ4v) is 4.96. The standard InChI is InChI=1S/C22H25FN2O4S/c1-16(26)18-4-8-21(9-5-18)30(28,29)25-14-11-19(12-15-25)22(27)24-13-10-17-2-6-20(23)7-3-17/h2-9,19H,10-15H2,1H3,(H,24,27). The number of piperidine rings is 1. The lowest BCUT2D eigenvalue weighted by atomic mass is 9.97. The lowest BCUT2D eigenvalue weighted by Gasteiger charge is -2.30. The minimum absolute atomic E-state index is 0.0834. The van der Waals surface area contributed by atoms with Gasteiger partial charge in [0.1, 0.15) is 5.82 Å². The highest BCUT2D eigenvalue weighted by Gasteiger charge is 2.32. The van der Waals surface area contributed by atoms with E-state index in [2.05, 4.69) is 5.32 Å². The largest absolute Gasteiger partial charge is 0.356 e. The number of Topliss-reactive ketones (excluding diaryl/α,β-unsaturated/α-hetero) is 1. The van der Waals surface area contributed by atoms with Crippen molar-refractivity contribution in [3.8, 4) is 0 Å². The third kappa shape index (κ3) is 5.31. The Labute approximate surface area is 176 Å². The topological polar surface area (TPSA) is 83.6 Å². The highest BCUT2D eigenvalue weighted by molar-refractivity contribution is 7.89. The molecule has 1 aliphatic heterocycles. The van der Waals surface area contributed by atoms with E-state index in [0.717, 1.165) is 5.56 Å². The summed E-state index contributed by atoms with van der Waals surface area (Å²) >= 11 is 0. The molecule has 8 heteroatoms. The number of ketones is 1. The summed E-state index contributed by atoms with van der Waals surface area (Å²) in [4.78, 5) is 23.9. The fourth-order valence-electron chi connectivity index (χ4n) is 3.49. The summed E-state index contributed by atoms with van der Waals surface area (Å²) in [6.07, 6.45) is 1.51. The van der Waals surface area contributed by atoms with Crippen molar-refractivity contribution in [3.63, 3.8) is 0 Å². The number of hydrogen-bond acceptors (Lipinski definition) is 4. The molecule has 2 aromatic rings. The predicted octanol–water partition coefficient (Wildman–Crippen LogP) is 2.79. The van der Waals surface area contributed by atoms with E-state index in [1.807, 2.05) is 0 Å². The van der Waals surface area contributed by atoms with Crippen LogP contribution in [-0.2, 0) is 21.2 Å². The van der Waals surface area contributed by atoms with Crippen molar-refractivity contribution in [1.29, 1.82) is 0 Å². The second-order valence-corrected chi connectivity index (χ2v) is 9.36. The normalized spacial score (nSPS) is 15.7. The van der Waals surface area contributed by atoms with Crippen LogP contribution in [0.3, 0.4) is 0 Å². The number of amides is 1. The van der Waals surface area contributed by atoms with Crippen molar-refractivity contribution in [2.45, 2.75) is 31.1 Å². The van der Waals surface area contributed by atoms with Gasteiger partial charge in [-0.15, -0.1) is 0 Å². The number of rotatable bonds is 7. The molecule has 1 heterocycles. The van der Waals surface area contributed by atoms with E-state index in [0.29, 0.717) is 31.4 Å². The summed E-state index contributed by atoms with van der Waals surface area (Å²) in [5, 5.41) is 2.88. The van der Waals surface area contributed by atoms with Crippen molar-refractivity contribution in [2.24, 2.45) is 5.92 Å². The summed E-state index contributed by atoms with van der Waals surface area (Å²) in [6, 6.07) is 12.1. The molecular formula is C22H25FN2O4S. The first kappa shape index (κ1) is 22.1. The number of nitrogens with zero attached hydrogens (tertiary/aromatic N) is 1. The van der Waals surface area contributed by atoms with Crippen molar-refractivity contribution in [1.82, 2.24) is 9.62 Å². The smallest absolute Gasteiger partial charge is 0.243 e. The van der Waals surface area contributed by atoms with Gasteiger partial charge in [0.05, 0.1) is 4.90 Å². The number of benzene rings is 2. The highest BCUT2D eigenvalue weighted by Crippen LogP contribution is 2.24. The van der Waals surface area contributed by atoms with E-state index in [1.54, 1.807) is 12.1 Å². The monoisotopic (exact) mass is 432 g/mol. The Morgan fingerprint density at radius 1 is 1.03 bits per heavy atom. The van der Waals surface area contributed by atoms with E-state index >= 15 is 0 Å². The summed E-state index contributed by atoms with van der Waals surface area (Å²) in [5.74, 6) is -0.728. The van der Waals surface area contributed by atoms with Crippen LogP contribution in [0.15, 0.2) is 53.4 Å². The quantitative estimate of drug-likeness (QED) is 0.682. The van der Waals surface area contributed by atoms with Gasteiger partial charge in [0, 0.05) is 31.1 Å². The molecular weight excluding hydrogens is 407 g/mol. The summed E-state index contributed by atoms with van der Waals surface area (Å²) in [5.41, 5.74) is 1.40. The van der Waals surface area contributed by atoms with E-state index in [-0.39, 0.29) is 41.4 Å². The van der Waals surface area contributed by atoms with E-state index in [4.69, 9.17) is 0 Å². The molecule has 1 amide bonds. The predicted molar refractivity (Wildman–Crippen MR) is 111 cm³/mol. The molecule has 1 fully saturated rings. The Balaban J connectivity index is 1.50. The van der Waals surface area contributed by atoms with Crippen molar-refractivity contribution >= 4 is 21.7 Å². The molecule has 0 aliphatic carbocycles. The van der Waals surface area contributed by atoms with Crippen LogP contribution >= 0.6 is 0 Å². The van der Waals surface area contributed by atoms with Gasteiger partial charge in [-0.05, 0) is 56.0 Å². The third-order valence-corrected chi connectivity index (χ3v) is 7.26. The molecule has 2 aromatic carbocycles. The molecule has 0 unspecified atom stereocenters. The molecule has 0 atom stereocenters. The van der Waals surface area contributed by atoms with Crippen LogP contribution in [0.2, 0.25) is 0 Å². The van der Waals surface area contributed by atoms with Crippen LogP contribution in [0.1, 0.15) is 35.7 Å². The van der Waals surface area contributed by atoms with Gasteiger partial charge >= 0.3 is 0 Å². The Morgan fingerprint density at radius 2 is 1.63 bits per heavy atom. The van der Waals surface area contributed by atoms with Crippen LogP contribution in [0.5, 0.6) is 0 Å². The van der Waals surface area contributed by atoms with Gasteiger partial charge in [-0.25, -0.2) is 12.8 Å². The molecule has 0 radical (unpaired) electrons. The maximum absolute atomic E-state index is 12.9. The van der Waals surface area contributed by atoms with E-state index in [1.165, 1.54) is 47.6 Å². The minimum Gasteiger partial charge on any atom is -0.356 e. The summed E-state index contributed by atoms with van der Waals surface area (Å²) in [7, 11) is -3.65. The van der Waals surface area contributed by atoms with Crippen LogP contribution in [0.25, 0.3) is 0 Å². The van der Waals surface area contributed by atoms with Crippen molar-refractivity contribution < 1.29 is 22.4 Å². The number of nitrogens with one attached hydrogen (secondary N) is 1. The Kier molecular flexibility index (Phi) is 6.99. The second-order valence-electron chi connectivity index (χ2n) is 7.43. The van der Waals surface area contributed by atoms with Crippen LogP contribution < -0.4 is 5.32 Å². The first-order valence-electron chi connectivity index (χ1n) is 9.90. The number of hydrogen-bond donors (Lipinski definition) is 1. The lowest BCUT2D eigenvalue weighted by molar-refractivity contribution is -0.126. The molecule has 0 bridgehead atoms. The lowest BCUT2D eigenvalue weighted by Crippen LogP contribution is -2.43. The van der Waals surface area contributed by atoms with Gasteiger partial charge in [-0.1, -0.05) is 24.3 Å². The Bertz CT molecular complexity index is 996. The van der Waals surface area contributed by atoms with Crippen molar-refractivity contribution in [2.75, 3.05) is 19.6 Å². The van der Waals surface area contributed by atoms with Crippen LogP contribution in [0, 0.1) is 11.7 Å². The zero-order valence-electron chi connectivity index (χ0n) is 16.8. The number of carbonyl (C=O) groups is 2. The Hall–Kier alpha value is -2.58. The first-order chi connectivity index (χ1) is 14.3. The molecule has 160 valence electrons. The molecule has 1 N–H and O–H groups in total. The average Bonchev–Trinajstić information content (AvgIpc) is 2.75. The van der Waals surface area contributed by atoms with Gasteiger partial charge in [0.2, 0.25) is 15.9 Å². The Morgan fingerprint density at radius 3 is 2.20 bits per heavy atom. The SMILES string of the molecule is CC(=O)c1ccc(S(=O)(=O)N2CCC(C(=O)NCCc3ccc(F)cc3)CC2)cc1. The minimum atomic E-state index is -3.65. The maximum atomic E-state index is 12.9. The molecule has 0 spiro atoms. The van der Waals surface area contributed by atoms with Crippen LogP contribution in [0.4, 0.5) is 4.39 Å². The first-order valence-corrected chi connectivity index (χ1v) is 11.3. The molecule has 0 saturated carbocycles. The number of halogens is 1. The second kappa shape index (κ2) is 9.49. The van der Waals surface area contributed by atoms with E-state index < -0.39 is 10.0 Å². The zero-order chi connectivity index (χ0) is 21.7.